The fourth-order valence-electron chi connectivity index (χ4n) is 3.31. The molecule has 0 aliphatic carbocycles. The zero-order valence-electron chi connectivity index (χ0n) is 15.5. The van der Waals surface area contributed by atoms with Crippen LogP contribution < -0.4 is 0 Å². The Balaban J connectivity index is 1.33. The van der Waals surface area contributed by atoms with Gasteiger partial charge < -0.3 is 18.6 Å². The van der Waals surface area contributed by atoms with Gasteiger partial charge in [0, 0.05) is 29.7 Å². The third-order valence-corrected chi connectivity index (χ3v) is 5.07. The Kier molecular flexibility index (Phi) is 5.67. The van der Waals surface area contributed by atoms with Gasteiger partial charge in [-0.05, 0) is 49.2 Å². The number of rotatable bonds is 5. The Morgan fingerprint density at radius 3 is 2.79 bits per heavy atom. The van der Waals surface area contributed by atoms with E-state index in [1.54, 1.807) is 47.4 Å². The molecule has 0 unspecified atom stereocenters. The molecule has 2 aromatic heterocycles. The van der Waals surface area contributed by atoms with Crippen LogP contribution in [0, 0.1) is 5.92 Å². The van der Waals surface area contributed by atoms with Gasteiger partial charge in [0.05, 0.1) is 12.2 Å². The lowest BCUT2D eigenvalue weighted by molar-refractivity contribution is -0.151. The van der Waals surface area contributed by atoms with E-state index in [4.69, 9.17) is 25.3 Å². The first kappa shape index (κ1) is 19.3. The summed E-state index contributed by atoms with van der Waals surface area (Å²) < 4.78 is 15.8. The molecule has 1 aromatic carbocycles. The highest BCUT2D eigenvalue weighted by atomic mass is 35.5. The van der Waals surface area contributed by atoms with E-state index in [2.05, 4.69) is 5.16 Å². The SMILES string of the molecule is O=C(OCc1cc(-c2ccco2)on1)[C@H]1CCCN(C(=O)c2ccc(Cl)cc2)C1. The van der Waals surface area contributed by atoms with Crippen molar-refractivity contribution in [1.82, 2.24) is 10.1 Å². The lowest BCUT2D eigenvalue weighted by Crippen LogP contribution is -2.42. The molecule has 0 bridgehead atoms. The summed E-state index contributed by atoms with van der Waals surface area (Å²) in [5.41, 5.74) is 1.05. The second-order valence-electron chi connectivity index (χ2n) is 6.86. The van der Waals surface area contributed by atoms with Crippen molar-refractivity contribution in [2.75, 3.05) is 13.1 Å². The summed E-state index contributed by atoms with van der Waals surface area (Å²) in [5, 5.41) is 4.47. The molecule has 0 saturated carbocycles. The topological polar surface area (TPSA) is 85.8 Å². The van der Waals surface area contributed by atoms with Crippen molar-refractivity contribution < 1.29 is 23.3 Å². The molecule has 0 N–H and O–H groups in total. The third-order valence-electron chi connectivity index (χ3n) is 4.82. The van der Waals surface area contributed by atoms with E-state index in [1.807, 2.05) is 0 Å². The van der Waals surface area contributed by atoms with Crippen molar-refractivity contribution in [2.45, 2.75) is 19.4 Å². The molecule has 0 spiro atoms. The number of carbonyl (C=O) groups excluding carboxylic acids is 2. The zero-order valence-corrected chi connectivity index (χ0v) is 16.3. The Bertz CT molecular complexity index is 981. The summed E-state index contributed by atoms with van der Waals surface area (Å²) in [6, 6.07) is 11.9. The molecule has 8 heteroatoms. The number of hydrogen-bond acceptors (Lipinski definition) is 6. The summed E-state index contributed by atoms with van der Waals surface area (Å²) in [6.45, 7) is 0.947. The molecular formula is C21H19ClN2O5. The van der Waals surface area contributed by atoms with Crippen molar-refractivity contribution in [3.8, 4) is 11.5 Å². The molecule has 1 aliphatic heterocycles. The normalized spacial score (nSPS) is 16.6. The van der Waals surface area contributed by atoms with Gasteiger partial charge in [0.15, 0.2) is 5.76 Å². The standard InChI is InChI=1S/C21H19ClN2O5/c22-16-7-5-14(6-8-16)20(25)24-9-1-3-15(12-24)21(26)28-13-17-11-19(29-23-17)18-4-2-10-27-18/h2,4-8,10-11,15H,1,3,9,12-13H2/t15-/m0/s1. The number of furan rings is 1. The summed E-state index contributed by atoms with van der Waals surface area (Å²) in [6.07, 6.45) is 2.96. The molecule has 1 atom stereocenters. The number of amides is 1. The molecule has 1 amide bonds. The maximum Gasteiger partial charge on any atom is 0.311 e. The average Bonchev–Trinajstić information content (AvgIpc) is 3.44. The highest BCUT2D eigenvalue weighted by Gasteiger charge is 2.30. The number of carbonyl (C=O) groups is 2. The zero-order chi connectivity index (χ0) is 20.2. The molecule has 3 aromatic rings. The second kappa shape index (κ2) is 8.53. The van der Waals surface area contributed by atoms with Gasteiger partial charge in [-0.15, -0.1) is 0 Å². The lowest BCUT2D eigenvalue weighted by atomic mass is 9.97. The lowest BCUT2D eigenvalue weighted by Gasteiger charge is -2.31. The van der Waals surface area contributed by atoms with Crippen LogP contribution in [0.25, 0.3) is 11.5 Å². The van der Waals surface area contributed by atoms with Crippen LogP contribution in [0.5, 0.6) is 0 Å². The van der Waals surface area contributed by atoms with Crippen LogP contribution in [0.15, 0.2) is 57.7 Å². The molecule has 150 valence electrons. The minimum atomic E-state index is -0.364. The minimum Gasteiger partial charge on any atom is -0.461 e. The maximum atomic E-state index is 12.7. The predicted octanol–water partition coefficient (Wildman–Crippen LogP) is 4.18. The largest absolute Gasteiger partial charge is 0.461 e. The number of hydrogen-bond donors (Lipinski definition) is 0. The van der Waals surface area contributed by atoms with Crippen LogP contribution in [0.3, 0.4) is 0 Å². The molecule has 4 rings (SSSR count). The number of ether oxygens (including phenoxy) is 1. The minimum absolute atomic E-state index is 0.00464. The van der Waals surface area contributed by atoms with Gasteiger partial charge in [-0.2, -0.15) is 0 Å². The fraction of sp³-hybridized carbons (Fsp3) is 0.286. The van der Waals surface area contributed by atoms with E-state index in [9.17, 15) is 9.59 Å². The van der Waals surface area contributed by atoms with Crippen LogP contribution in [-0.2, 0) is 16.1 Å². The van der Waals surface area contributed by atoms with E-state index in [1.165, 1.54) is 6.26 Å². The monoisotopic (exact) mass is 414 g/mol. The van der Waals surface area contributed by atoms with Gasteiger partial charge >= 0.3 is 5.97 Å². The smallest absolute Gasteiger partial charge is 0.311 e. The van der Waals surface area contributed by atoms with Gasteiger partial charge in [-0.3, -0.25) is 9.59 Å². The van der Waals surface area contributed by atoms with Crippen molar-refractivity contribution >= 4 is 23.5 Å². The maximum absolute atomic E-state index is 12.7. The van der Waals surface area contributed by atoms with E-state index >= 15 is 0 Å². The van der Waals surface area contributed by atoms with Crippen LogP contribution in [0.4, 0.5) is 0 Å². The number of nitrogens with zero attached hydrogens (tertiary/aromatic N) is 2. The molecule has 3 heterocycles. The first-order chi connectivity index (χ1) is 14.1. The predicted molar refractivity (Wildman–Crippen MR) is 104 cm³/mol. The highest BCUT2D eigenvalue weighted by Crippen LogP contribution is 2.23. The van der Waals surface area contributed by atoms with E-state index in [0.717, 1.165) is 6.42 Å². The number of aromatic nitrogens is 1. The van der Waals surface area contributed by atoms with Crippen molar-refractivity contribution in [2.24, 2.45) is 5.92 Å². The van der Waals surface area contributed by atoms with Crippen LogP contribution in [-0.4, -0.2) is 35.0 Å². The van der Waals surface area contributed by atoms with Gasteiger partial charge in [0.1, 0.15) is 12.3 Å². The van der Waals surface area contributed by atoms with Gasteiger partial charge in [0.25, 0.3) is 5.91 Å². The second-order valence-corrected chi connectivity index (χ2v) is 7.30. The molecule has 29 heavy (non-hydrogen) atoms. The number of likely N-dealkylation sites (tertiary alicyclic amines) is 1. The van der Waals surface area contributed by atoms with E-state index in [0.29, 0.717) is 47.3 Å². The fourth-order valence-corrected chi connectivity index (χ4v) is 3.43. The quantitative estimate of drug-likeness (QED) is 0.582. The van der Waals surface area contributed by atoms with Gasteiger partial charge in [-0.25, -0.2) is 0 Å². The number of benzene rings is 1. The van der Waals surface area contributed by atoms with Crippen molar-refractivity contribution in [1.29, 1.82) is 0 Å². The first-order valence-electron chi connectivity index (χ1n) is 9.31. The number of piperidine rings is 1. The summed E-state index contributed by atoms with van der Waals surface area (Å²) >= 11 is 5.88. The average molecular weight is 415 g/mol. The Labute approximate surface area is 172 Å². The third kappa shape index (κ3) is 4.51. The Morgan fingerprint density at radius 2 is 2.03 bits per heavy atom. The van der Waals surface area contributed by atoms with Crippen LogP contribution >= 0.6 is 11.6 Å². The summed E-state index contributed by atoms with van der Waals surface area (Å²) in [5.74, 6) is 0.202. The summed E-state index contributed by atoms with van der Waals surface area (Å²) in [4.78, 5) is 26.9. The first-order valence-corrected chi connectivity index (χ1v) is 9.69. The highest BCUT2D eigenvalue weighted by molar-refractivity contribution is 6.30. The van der Waals surface area contributed by atoms with Crippen LogP contribution in [0.2, 0.25) is 5.02 Å². The molecular weight excluding hydrogens is 396 g/mol. The van der Waals surface area contributed by atoms with E-state index < -0.39 is 0 Å². The van der Waals surface area contributed by atoms with Crippen molar-refractivity contribution in [3.63, 3.8) is 0 Å². The van der Waals surface area contributed by atoms with Crippen molar-refractivity contribution in [3.05, 3.63) is 65.0 Å². The molecule has 1 saturated heterocycles. The van der Waals surface area contributed by atoms with Gasteiger partial charge in [-0.1, -0.05) is 16.8 Å². The summed E-state index contributed by atoms with van der Waals surface area (Å²) in [7, 11) is 0. The molecule has 0 radical (unpaired) electrons. The Hall–Kier alpha value is -3.06. The van der Waals surface area contributed by atoms with Gasteiger partial charge in [0.2, 0.25) is 5.76 Å². The molecule has 1 fully saturated rings. The molecule has 1 aliphatic rings. The van der Waals surface area contributed by atoms with E-state index in [-0.39, 0.29) is 24.4 Å². The van der Waals surface area contributed by atoms with Crippen LogP contribution in [0.1, 0.15) is 28.9 Å². The number of esters is 1. The Morgan fingerprint density at radius 1 is 1.21 bits per heavy atom. The number of halogens is 1. The molecule has 7 nitrogen and oxygen atoms in total.